The van der Waals surface area contributed by atoms with Crippen molar-refractivity contribution in [3.63, 3.8) is 0 Å². The van der Waals surface area contributed by atoms with Crippen molar-refractivity contribution < 1.29 is 0 Å². The molecule has 0 amide bonds. The Kier molecular flexibility index (Phi) is 3.95. The van der Waals surface area contributed by atoms with Gasteiger partial charge in [-0.15, -0.1) is 0 Å². The summed E-state index contributed by atoms with van der Waals surface area (Å²) in [6.07, 6.45) is 0. The number of nitrogens with zero attached hydrogens (tertiary/aromatic N) is 3. The first kappa shape index (κ1) is 11.5. The van der Waals surface area contributed by atoms with Gasteiger partial charge in [-0.3, -0.25) is 0 Å². The molecule has 0 aliphatic carbocycles. The summed E-state index contributed by atoms with van der Waals surface area (Å²) in [5.41, 5.74) is 5.45. The van der Waals surface area contributed by atoms with E-state index in [2.05, 4.69) is 35.7 Å². The van der Waals surface area contributed by atoms with Gasteiger partial charge in [-0.25, -0.2) is 0 Å². The van der Waals surface area contributed by atoms with E-state index in [1.807, 2.05) is 0 Å². The van der Waals surface area contributed by atoms with E-state index in [-0.39, 0.29) is 11.2 Å². The number of rotatable bonds is 3. The Morgan fingerprint density at radius 3 is 2.36 bits per heavy atom. The second-order valence-corrected chi connectivity index (χ2v) is 4.99. The number of hydrogen-bond donors (Lipinski definition) is 1. The van der Waals surface area contributed by atoms with Crippen molar-refractivity contribution >= 4 is 29.3 Å². The number of thioether (sulfide) groups is 1. The molecule has 78 valence electrons. The highest BCUT2D eigenvalue weighted by Crippen LogP contribution is 2.25. The molecule has 0 spiro atoms. The average Bonchev–Trinajstić information content (AvgIpc) is 2.01. The maximum absolute atomic E-state index is 5.66. The van der Waals surface area contributed by atoms with Crippen LogP contribution in [0.4, 0.5) is 5.95 Å². The van der Waals surface area contributed by atoms with E-state index in [1.165, 1.54) is 0 Å². The van der Waals surface area contributed by atoms with Crippen LogP contribution in [0.5, 0.6) is 0 Å². The summed E-state index contributed by atoms with van der Waals surface area (Å²) in [7, 11) is 0. The molecule has 4 nitrogen and oxygen atoms in total. The first-order valence-electron chi connectivity index (χ1n) is 4.32. The quantitative estimate of drug-likeness (QED) is 0.810. The molecule has 1 aromatic rings. The summed E-state index contributed by atoms with van der Waals surface area (Å²) >= 11 is 7.21. The SMILES string of the molecule is CC(C)C(C)Sc1nc(N)nc(Cl)n1. The summed E-state index contributed by atoms with van der Waals surface area (Å²) < 4.78 is 0. The lowest BCUT2D eigenvalue weighted by Crippen LogP contribution is -2.08. The van der Waals surface area contributed by atoms with Gasteiger partial charge in [0.05, 0.1) is 0 Å². The number of hydrogen-bond acceptors (Lipinski definition) is 5. The molecule has 1 heterocycles. The third-order valence-electron chi connectivity index (χ3n) is 1.84. The fourth-order valence-electron chi connectivity index (χ4n) is 0.701. The zero-order valence-electron chi connectivity index (χ0n) is 8.36. The van der Waals surface area contributed by atoms with Gasteiger partial charge in [0.25, 0.3) is 0 Å². The third kappa shape index (κ3) is 3.31. The summed E-state index contributed by atoms with van der Waals surface area (Å²) in [5.74, 6) is 0.722. The number of nitrogen functional groups attached to an aromatic ring is 1. The lowest BCUT2D eigenvalue weighted by molar-refractivity contribution is 0.640. The fourth-order valence-corrected chi connectivity index (χ4v) is 1.81. The number of halogens is 1. The highest BCUT2D eigenvalue weighted by Gasteiger charge is 2.12. The summed E-state index contributed by atoms with van der Waals surface area (Å²) in [6, 6.07) is 0. The number of anilines is 1. The van der Waals surface area contributed by atoms with Crippen LogP contribution in [0.2, 0.25) is 5.28 Å². The monoisotopic (exact) mass is 232 g/mol. The van der Waals surface area contributed by atoms with Gasteiger partial charge in [0.1, 0.15) is 0 Å². The molecule has 0 saturated carbocycles. The van der Waals surface area contributed by atoms with Gasteiger partial charge in [0.15, 0.2) is 5.16 Å². The summed E-state index contributed by atoms with van der Waals surface area (Å²) in [4.78, 5) is 11.7. The Morgan fingerprint density at radius 2 is 1.86 bits per heavy atom. The molecule has 1 rings (SSSR count). The second kappa shape index (κ2) is 4.79. The Bertz CT molecular complexity index is 298. The molecule has 0 aromatic carbocycles. The van der Waals surface area contributed by atoms with Crippen molar-refractivity contribution in [1.29, 1.82) is 0 Å². The van der Waals surface area contributed by atoms with Crippen molar-refractivity contribution in [3.05, 3.63) is 5.28 Å². The molecule has 0 fully saturated rings. The highest BCUT2D eigenvalue weighted by molar-refractivity contribution is 7.99. The fraction of sp³-hybridized carbons (Fsp3) is 0.625. The topological polar surface area (TPSA) is 64.7 Å². The largest absolute Gasteiger partial charge is 0.368 e. The summed E-state index contributed by atoms with van der Waals surface area (Å²) in [6.45, 7) is 6.40. The van der Waals surface area contributed by atoms with E-state index in [0.29, 0.717) is 16.3 Å². The Hall–Kier alpha value is -0.550. The molecule has 0 radical (unpaired) electrons. The lowest BCUT2D eigenvalue weighted by atomic mass is 10.2. The van der Waals surface area contributed by atoms with Gasteiger partial charge in [0, 0.05) is 5.25 Å². The van der Waals surface area contributed by atoms with Crippen LogP contribution in [0.1, 0.15) is 20.8 Å². The van der Waals surface area contributed by atoms with Crippen molar-refractivity contribution in [2.45, 2.75) is 31.2 Å². The molecule has 14 heavy (non-hydrogen) atoms. The van der Waals surface area contributed by atoms with E-state index < -0.39 is 0 Å². The van der Waals surface area contributed by atoms with Crippen LogP contribution < -0.4 is 5.73 Å². The standard InChI is InChI=1S/C8H13ClN4S/c1-4(2)5(3)14-8-12-6(9)11-7(10)13-8/h4-5H,1-3H3,(H2,10,11,12,13). The van der Waals surface area contributed by atoms with Gasteiger partial charge in [-0.1, -0.05) is 32.5 Å². The van der Waals surface area contributed by atoms with E-state index in [0.717, 1.165) is 0 Å². The minimum atomic E-state index is 0.149. The van der Waals surface area contributed by atoms with Crippen molar-refractivity contribution in [1.82, 2.24) is 15.0 Å². The predicted molar refractivity (Wildman–Crippen MR) is 59.4 cm³/mol. The molecule has 6 heteroatoms. The Labute approximate surface area is 92.7 Å². The van der Waals surface area contributed by atoms with E-state index in [4.69, 9.17) is 17.3 Å². The predicted octanol–water partition coefficient (Wildman–Crippen LogP) is 2.24. The lowest BCUT2D eigenvalue weighted by Gasteiger charge is -2.13. The van der Waals surface area contributed by atoms with Crippen LogP contribution in [-0.2, 0) is 0 Å². The van der Waals surface area contributed by atoms with Crippen LogP contribution in [0, 0.1) is 5.92 Å². The number of aromatic nitrogens is 3. The molecule has 0 aliphatic heterocycles. The van der Waals surface area contributed by atoms with Gasteiger partial charge in [-0.05, 0) is 17.5 Å². The molecular formula is C8H13ClN4S. The van der Waals surface area contributed by atoms with E-state index in [1.54, 1.807) is 11.8 Å². The molecule has 1 unspecified atom stereocenters. The molecular weight excluding hydrogens is 220 g/mol. The highest BCUT2D eigenvalue weighted by atomic mass is 35.5. The Morgan fingerprint density at radius 1 is 1.21 bits per heavy atom. The average molecular weight is 233 g/mol. The minimum Gasteiger partial charge on any atom is -0.368 e. The van der Waals surface area contributed by atoms with Crippen LogP contribution in [0.3, 0.4) is 0 Å². The second-order valence-electron chi connectivity index (χ2n) is 3.31. The smallest absolute Gasteiger partial charge is 0.228 e. The van der Waals surface area contributed by atoms with Crippen LogP contribution in [0.25, 0.3) is 0 Å². The Balaban J connectivity index is 2.76. The first-order chi connectivity index (χ1) is 6.49. The minimum absolute atomic E-state index is 0.149. The molecule has 1 atom stereocenters. The number of nitrogens with two attached hydrogens (primary N) is 1. The first-order valence-corrected chi connectivity index (χ1v) is 5.58. The maximum atomic E-state index is 5.66. The summed E-state index contributed by atoms with van der Waals surface area (Å²) in [5, 5.41) is 1.16. The van der Waals surface area contributed by atoms with Gasteiger partial charge in [0.2, 0.25) is 11.2 Å². The van der Waals surface area contributed by atoms with E-state index in [9.17, 15) is 0 Å². The van der Waals surface area contributed by atoms with Crippen molar-refractivity contribution in [2.24, 2.45) is 5.92 Å². The third-order valence-corrected chi connectivity index (χ3v) is 3.31. The van der Waals surface area contributed by atoms with Gasteiger partial charge < -0.3 is 5.73 Å². The van der Waals surface area contributed by atoms with Crippen molar-refractivity contribution in [2.75, 3.05) is 5.73 Å². The normalized spacial score (nSPS) is 13.2. The zero-order chi connectivity index (χ0) is 10.7. The molecule has 0 saturated heterocycles. The molecule has 1 aromatic heterocycles. The van der Waals surface area contributed by atoms with Crippen LogP contribution in [0.15, 0.2) is 5.16 Å². The van der Waals surface area contributed by atoms with Gasteiger partial charge >= 0.3 is 0 Å². The van der Waals surface area contributed by atoms with Crippen LogP contribution >= 0.6 is 23.4 Å². The van der Waals surface area contributed by atoms with E-state index >= 15 is 0 Å². The van der Waals surface area contributed by atoms with Crippen LogP contribution in [-0.4, -0.2) is 20.2 Å². The molecule has 0 aliphatic rings. The van der Waals surface area contributed by atoms with Gasteiger partial charge in [-0.2, -0.15) is 15.0 Å². The molecule has 2 N–H and O–H groups in total. The van der Waals surface area contributed by atoms with Crippen molar-refractivity contribution in [3.8, 4) is 0 Å². The maximum Gasteiger partial charge on any atom is 0.228 e. The zero-order valence-corrected chi connectivity index (χ0v) is 9.93. The molecule has 0 bridgehead atoms.